The first kappa shape index (κ1) is 11.1. The molecule has 1 rings (SSSR count). The first-order valence-electron chi connectivity index (χ1n) is 4.69. The van der Waals surface area contributed by atoms with E-state index in [4.69, 9.17) is 5.73 Å². The van der Waals surface area contributed by atoms with Crippen LogP contribution in [-0.2, 0) is 6.42 Å². The minimum Gasteiger partial charge on any atom is -0.320 e. The van der Waals surface area contributed by atoms with E-state index >= 15 is 0 Å². The molecule has 1 aromatic carbocycles. The molecule has 1 nitrogen and oxygen atoms in total. The van der Waals surface area contributed by atoms with Crippen LogP contribution in [0.15, 0.2) is 30.3 Å². The van der Waals surface area contributed by atoms with Crippen molar-refractivity contribution in [3.63, 3.8) is 0 Å². The average molecular weight is 199 g/mol. The molecule has 0 saturated carbocycles. The summed E-state index contributed by atoms with van der Waals surface area (Å²) in [7, 11) is 0. The summed E-state index contributed by atoms with van der Waals surface area (Å²) in [5.41, 5.74) is 5.09. The molecule has 1 atom stereocenters. The van der Waals surface area contributed by atoms with Crippen molar-refractivity contribution in [3.05, 3.63) is 35.9 Å². The zero-order valence-electron chi connectivity index (χ0n) is 8.21. The van der Waals surface area contributed by atoms with Crippen LogP contribution in [0.2, 0.25) is 0 Å². The van der Waals surface area contributed by atoms with Crippen LogP contribution in [-0.4, -0.2) is 12.0 Å². The van der Waals surface area contributed by atoms with Gasteiger partial charge in [-0.3, -0.25) is 0 Å². The van der Waals surface area contributed by atoms with Crippen LogP contribution in [0, 0.1) is 0 Å². The van der Waals surface area contributed by atoms with Crippen molar-refractivity contribution in [1.82, 2.24) is 0 Å². The fourth-order valence-electron chi connectivity index (χ4n) is 1.33. The highest BCUT2D eigenvalue weighted by Crippen LogP contribution is 2.21. The Morgan fingerprint density at radius 2 is 1.86 bits per heavy atom. The molecule has 0 aliphatic rings. The Labute approximate surface area is 82.9 Å². The lowest BCUT2D eigenvalue weighted by Gasteiger charge is -2.27. The van der Waals surface area contributed by atoms with Crippen molar-refractivity contribution in [2.45, 2.75) is 31.7 Å². The summed E-state index contributed by atoms with van der Waals surface area (Å²) in [5, 5.41) is 0. The van der Waals surface area contributed by atoms with Gasteiger partial charge in [0.2, 0.25) is 0 Å². The summed E-state index contributed by atoms with van der Waals surface area (Å²) in [4.78, 5) is 0. The molecule has 0 aliphatic carbocycles. The third kappa shape index (κ3) is 2.51. The number of hydrogen-bond donors (Lipinski definition) is 1. The lowest BCUT2D eigenvalue weighted by Crippen LogP contribution is -2.48. The molecule has 1 unspecified atom stereocenters. The molecular formula is C11H15F2N. The summed E-state index contributed by atoms with van der Waals surface area (Å²) in [5.74, 6) is 0. The largest absolute Gasteiger partial charge is 0.320 e. The van der Waals surface area contributed by atoms with Crippen LogP contribution in [0.25, 0.3) is 0 Å². The zero-order chi connectivity index (χ0) is 10.6. The Bertz CT molecular complexity index is 274. The van der Waals surface area contributed by atoms with Gasteiger partial charge in [0.25, 0.3) is 6.43 Å². The number of hydrogen-bond acceptors (Lipinski definition) is 1. The van der Waals surface area contributed by atoms with Crippen molar-refractivity contribution >= 4 is 0 Å². The van der Waals surface area contributed by atoms with E-state index in [-0.39, 0.29) is 12.8 Å². The van der Waals surface area contributed by atoms with Gasteiger partial charge in [0.15, 0.2) is 0 Å². The molecule has 2 N–H and O–H groups in total. The SMILES string of the molecule is CCC(N)(Cc1ccccc1)C(F)F. The molecule has 0 bridgehead atoms. The fraction of sp³-hybridized carbons (Fsp3) is 0.455. The number of nitrogens with two attached hydrogens (primary N) is 1. The number of rotatable bonds is 4. The van der Waals surface area contributed by atoms with E-state index in [1.54, 1.807) is 6.92 Å². The Morgan fingerprint density at radius 1 is 1.29 bits per heavy atom. The minimum absolute atomic E-state index is 0.224. The maximum atomic E-state index is 12.6. The van der Waals surface area contributed by atoms with Gasteiger partial charge in [-0.25, -0.2) is 8.78 Å². The van der Waals surface area contributed by atoms with Crippen LogP contribution >= 0.6 is 0 Å². The van der Waals surface area contributed by atoms with E-state index < -0.39 is 12.0 Å². The first-order chi connectivity index (χ1) is 6.58. The smallest absolute Gasteiger partial charge is 0.256 e. The molecule has 0 amide bonds. The second-order valence-electron chi connectivity index (χ2n) is 3.55. The van der Waals surface area contributed by atoms with E-state index in [1.807, 2.05) is 30.3 Å². The van der Waals surface area contributed by atoms with Gasteiger partial charge < -0.3 is 5.73 Å². The van der Waals surface area contributed by atoms with Gasteiger partial charge in [-0.2, -0.15) is 0 Å². The minimum atomic E-state index is -2.48. The van der Waals surface area contributed by atoms with Crippen LogP contribution in [0.4, 0.5) is 8.78 Å². The van der Waals surface area contributed by atoms with E-state index in [2.05, 4.69) is 0 Å². The molecule has 14 heavy (non-hydrogen) atoms. The predicted octanol–water partition coefficient (Wildman–Crippen LogP) is 2.60. The summed E-state index contributed by atoms with van der Waals surface area (Å²) < 4.78 is 25.3. The van der Waals surface area contributed by atoms with Crippen LogP contribution < -0.4 is 5.73 Å². The topological polar surface area (TPSA) is 26.0 Å². The molecule has 0 heterocycles. The summed E-state index contributed by atoms with van der Waals surface area (Å²) >= 11 is 0. The van der Waals surface area contributed by atoms with E-state index in [9.17, 15) is 8.78 Å². The zero-order valence-corrected chi connectivity index (χ0v) is 8.21. The highest BCUT2D eigenvalue weighted by molar-refractivity contribution is 5.18. The fourth-order valence-corrected chi connectivity index (χ4v) is 1.33. The normalized spacial score (nSPS) is 15.5. The lowest BCUT2D eigenvalue weighted by atomic mass is 9.90. The molecular weight excluding hydrogens is 184 g/mol. The molecule has 0 aliphatic heterocycles. The molecule has 78 valence electrons. The van der Waals surface area contributed by atoms with Crippen molar-refractivity contribution < 1.29 is 8.78 Å². The predicted molar refractivity (Wildman–Crippen MR) is 53.4 cm³/mol. The Kier molecular flexibility index (Phi) is 3.58. The summed E-state index contributed by atoms with van der Waals surface area (Å²) in [6.07, 6.45) is -1.98. The van der Waals surface area contributed by atoms with Crippen molar-refractivity contribution in [1.29, 1.82) is 0 Å². The second kappa shape index (κ2) is 4.51. The number of alkyl halides is 2. The number of halogens is 2. The van der Waals surface area contributed by atoms with Crippen molar-refractivity contribution in [2.75, 3.05) is 0 Å². The van der Waals surface area contributed by atoms with Crippen molar-refractivity contribution in [2.24, 2.45) is 5.73 Å². The van der Waals surface area contributed by atoms with E-state index in [0.717, 1.165) is 5.56 Å². The van der Waals surface area contributed by atoms with Crippen LogP contribution in [0.5, 0.6) is 0 Å². The summed E-state index contributed by atoms with van der Waals surface area (Å²) in [6.45, 7) is 1.69. The van der Waals surface area contributed by atoms with Gasteiger partial charge in [0, 0.05) is 0 Å². The van der Waals surface area contributed by atoms with Gasteiger partial charge in [-0.05, 0) is 18.4 Å². The third-order valence-electron chi connectivity index (χ3n) is 2.47. The first-order valence-corrected chi connectivity index (χ1v) is 4.69. The molecule has 0 aromatic heterocycles. The molecule has 1 aromatic rings. The highest BCUT2D eigenvalue weighted by atomic mass is 19.3. The molecule has 0 fully saturated rings. The monoisotopic (exact) mass is 199 g/mol. The Balaban J connectivity index is 2.76. The molecule has 0 saturated heterocycles. The van der Waals surface area contributed by atoms with Gasteiger partial charge in [0.1, 0.15) is 0 Å². The second-order valence-corrected chi connectivity index (χ2v) is 3.55. The number of benzene rings is 1. The summed E-state index contributed by atoms with van der Waals surface area (Å²) in [6, 6.07) is 9.16. The standard InChI is InChI=1S/C11H15F2N/c1-2-11(14,10(12)13)8-9-6-4-3-5-7-9/h3-7,10H,2,8,14H2,1H3. The van der Waals surface area contributed by atoms with Gasteiger partial charge in [-0.1, -0.05) is 37.3 Å². The third-order valence-corrected chi connectivity index (χ3v) is 2.47. The van der Waals surface area contributed by atoms with Crippen molar-refractivity contribution in [3.8, 4) is 0 Å². The average Bonchev–Trinajstić information content (AvgIpc) is 2.19. The quantitative estimate of drug-likeness (QED) is 0.792. The van der Waals surface area contributed by atoms with E-state index in [1.165, 1.54) is 0 Å². The maximum Gasteiger partial charge on any atom is 0.256 e. The molecule has 0 radical (unpaired) electrons. The van der Waals surface area contributed by atoms with Crippen LogP contribution in [0.3, 0.4) is 0 Å². The van der Waals surface area contributed by atoms with Gasteiger partial charge in [-0.15, -0.1) is 0 Å². The van der Waals surface area contributed by atoms with Gasteiger partial charge >= 0.3 is 0 Å². The van der Waals surface area contributed by atoms with E-state index in [0.29, 0.717) is 0 Å². The lowest BCUT2D eigenvalue weighted by molar-refractivity contribution is 0.0512. The Morgan fingerprint density at radius 3 is 2.29 bits per heavy atom. The highest BCUT2D eigenvalue weighted by Gasteiger charge is 2.33. The maximum absolute atomic E-state index is 12.6. The van der Waals surface area contributed by atoms with Gasteiger partial charge in [0.05, 0.1) is 5.54 Å². The molecule has 0 spiro atoms. The Hall–Kier alpha value is -0.960. The molecule has 3 heteroatoms. The van der Waals surface area contributed by atoms with Crippen LogP contribution in [0.1, 0.15) is 18.9 Å².